The molecule has 0 amide bonds. The number of carbonyl (C=O) groups excluding carboxylic acids is 1. The van der Waals surface area contributed by atoms with Crippen molar-refractivity contribution in [3.05, 3.63) is 35.4 Å². The third-order valence-corrected chi connectivity index (χ3v) is 3.03. The minimum Gasteiger partial charge on any atom is -0.303 e. The van der Waals surface area contributed by atoms with E-state index in [1.807, 2.05) is 12.1 Å². The third-order valence-electron chi connectivity index (χ3n) is 3.03. The predicted molar refractivity (Wildman–Crippen MR) is 61.2 cm³/mol. The highest BCUT2D eigenvalue weighted by Gasteiger charge is 2.10. The van der Waals surface area contributed by atoms with Crippen molar-refractivity contribution < 1.29 is 4.79 Å². The second-order valence-corrected chi connectivity index (χ2v) is 4.16. The molecule has 0 spiro atoms. The number of benzene rings is 1. The summed E-state index contributed by atoms with van der Waals surface area (Å²) >= 11 is 0. The van der Waals surface area contributed by atoms with Gasteiger partial charge in [0.2, 0.25) is 0 Å². The Morgan fingerprint density at radius 1 is 1.13 bits per heavy atom. The molecule has 0 unspecified atom stereocenters. The van der Waals surface area contributed by atoms with Gasteiger partial charge in [-0.25, -0.2) is 0 Å². The van der Waals surface area contributed by atoms with Crippen molar-refractivity contribution >= 4 is 6.29 Å². The van der Waals surface area contributed by atoms with Crippen molar-refractivity contribution in [2.24, 2.45) is 0 Å². The maximum absolute atomic E-state index is 10.5. The lowest BCUT2D eigenvalue weighted by atomic mass is 10.1. The molecule has 1 heterocycles. The lowest BCUT2D eigenvalue weighted by molar-refractivity contribution is 0.112. The fourth-order valence-electron chi connectivity index (χ4n) is 2.06. The first-order valence-corrected chi connectivity index (χ1v) is 5.65. The van der Waals surface area contributed by atoms with Crippen LogP contribution in [0.25, 0.3) is 0 Å². The van der Waals surface area contributed by atoms with Gasteiger partial charge in [0.05, 0.1) is 0 Å². The molecule has 2 nitrogen and oxygen atoms in total. The maximum atomic E-state index is 10.5. The van der Waals surface area contributed by atoms with Crippen molar-refractivity contribution in [1.82, 2.24) is 4.90 Å². The summed E-state index contributed by atoms with van der Waals surface area (Å²) in [6.45, 7) is 3.67. The molecule has 1 fully saturated rings. The lowest BCUT2D eigenvalue weighted by Gasteiger charge is -2.13. The number of nitrogens with zero attached hydrogens (tertiary/aromatic N) is 1. The number of likely N-dealkylation sites (tertiary alicyclic amines) is 1. The highest BCUT2D eigenvalue weighted by Crippen LogP contribution is 2.09. The molecule has 2 rings (SSSR count). The first-order chi connectivity index (χ1) is 7.38. The van der Waals surface area contributed by atoms with Gasteiger partial charge < -0.3 is 4.90 Å². The van der Waals surface area contributed by atoms with E-state index in [-0.39, 0.29) is 0 Å². The van der Waals surface area contributed by atoms with E-state index in [0.29, 0.717) is 0 Å². The number of hydrogen-bond donors (Lipinski definition) is 0. The van der Waals surface area contributed by atoms with Crippen molar-refractivity contribution in [2.75, 3.05) is 19.6 Å². The van der Waals surface area contributed by atoms with E-state index in [1.54, 1.807) is 0 Å². The average molecular weight is 203 g/mol. The zero-order valence-electron chi connectivity index (χ0n) is 8.98. The third kappa shape index (κ3) is 2.90. The van der Waals surface area contributed by atoms with Crippen LogP contribution < -0.4 is 0 Å². The summed E-state index contributed by atoms with van der Waals surface area (Å²) < 4.78 is 0. The van der Waals surface area contributed by atoms with Gasteiger partial charge in [0.15, 0.2) is 0 Å². The van der Waals surface area contributed by atoms with Crippen LogP contribution >= 0.6 is 0 Å². The highest BCUT2D eigenvalue weighted by atomic mass is 16.1. The van der Waals surface area contributed by atoms with Crippen molar-refractivity contribution in [1.29, 1.82) is 0 Å². The molecule has 1 aliphatic heterocycles. The van der Waals surface area contributed by atoms with Crippen molar-refractivity contribution in [3.63, 3.8) is 0 Å². The first-order valence-electron chi connectivity index (χ1n) is 5.65. The average Bonchev–Trinajstić information content (AvgIpc) is 2.80. The van der Waals surface area contributed by atoms with Crippen LogP contribution in [0, 0.1) is 0 Å². The second-order valence-electron chi connectivity index (χ2n) is 4.16. The van der Waals surface area contributed by atoms with Gasteiger partial charge in [0.25, 0.3) is 0 Å². The van der Waals surface area contributed by atoms with Gasteiger partial charge in [-0.2, -0.15) is 0 Å². The monoisotopic (exact) mass is 203 g/mol. The molecule has 80 valence electrons. The molecule has 0 bridgehead atoms. The van der Waals surface area contributed by atoms with E-state index < -0.39 is 0 Å². The Hall–Kier alpha value is -1.15. The molecule has 0 radical (unpaired) electrons. The number of carbonyl (C=O) groups is 1. The topological polar surface area (TPSA) is 20.3 Å². The van der Waals surface area contributed by atoms with Gasteiger partial charge in [-0.15, -0.1) is 0 Å². The second kappa shape index (κ2) is 5.08. The molecule has 1 saturated heterocycles. The van der Waals surface area contributed by atoms with Gasteiger partial charge in [0.1, 0.15) is 6.29 Å². The first kappa shape index (κ1) is 10.4. The zero-order chi connectivity index (χ0) is 10.5. The molecule has 15 heavy (non-hydrogen) atoms. The van der Waals surface area contributed by atoms with Crippen LogP contribution in [0.15, 0.2) is 24.3 Å². The van der Waals surface area contributed by atoms with E-state index in [0.717, 1.165) is 24.8 Å². The molecular weight excluding hydrogens is 186 g/mol. The Labute approximate surface area is 90.9 Å². The van der Waals surface area contributed by atoms with Gasteiger partial charge >= 0.3 is 0 Å². The molecule has 2 heteroatoms. The van der Waals surface area contributed by atoms with E-state index >= 15 is 0 Å². The van der Waals surface area contributed by atoms with E-state index in [2.05, 4.69) is 17.0 Å². The summed E-state index contributed by atoms with van der Waals surface area (Å²) in [5.41, 5.74) is 2.09. The van der Waals surface area contributed by atoms with Gasteiger partial charge in [-0.3, -0.25) is 4.79 Å². The molecule has 0 N–H and O–H groups in total. The molecule has 0 atom stereocenters. The molecular formula is C13H17NO. The van der Waals surface area contributed by atoms with Gasteiger partial charge in [-0.1, -0.05) is 24.3 Å². The Morgan fingerprint density at radius 3 is 2.40 bits per heavy atom. The van der Waals surface area contributed by atoms with Crippen LogP contribution in [-0.2, 0) is 6.42 Å². The standard InChI is InChI=1S/C13H17NO/c15-11-13-5-3-12(4-6-13)7-10-14-8-1-2-9-14/h3-6,11H,1-2,7-10H2. The number of rotatable bonds is 4. The quantitative estimate of drug-likeness (QED) is 0.699. The van der Waals surface area contributed by atoms with Crippen LogP contribution in [0.2, 0.25) is 0 Å². The zero-order valence-corrected chi connectivity index (χ0v) is 8.98. The fourth-order valence-corrected chi connectivity index (χ4v) is 2.06. The van der Waals surface area contributed by atoms with E-state index in [4.69, 9.17) is 0 Å². The van der Waals surface area contributed by atoms with Crippen molar-refractivity contribution in [2.45, 2.75) is 19.3 Å². The summed E-state index contributed by atoms with van der Waals surface area (Å²) in [7, 11) is 0. The van der Waals surface area contributed by atoms with E-state index in [9.17, 15) is 4.79 Å². The number of aldehydes is 1. The molecule has 1 aromatic rings. The van der Waals surface area contributed by atoms with Gasteiger partial charge in [0, 0.05) is 12.1 Å². The largest absolute Gasteiger partial charge is 0.303 e. The summed E-state index contributed by atoms with van der Waals surface area (Å²) in [5, 5.41) is 0. The SMILES string of the molecule is O=Cc1ccc(CCN2CCCC2)cc1. The normalized spacial score (nSPS) is 16.8. The maximum Gasteiger partial charge on any atom is 0.150 e. The van der Waals surface area contributed by atoms with Crippen molar-refractivity contribution in [3.8, 4) is 0 Å². The fraction of sp³-hybridized carbons (Fsp3) is 0.462. The molecule has 0 aromatic heterocycles. The van der Waals surface area contributed by atoms with Crippen LogP contribution in [-0.4, -0.2) is 30.8 Å². The molecule has 1 aliphatic rings. The van der Waals surface area contributed by atoms with Crippen LogP contribution in [0.5, 0.6) is 0 Å². The predicted octanol–water partition coefficient (Wildman–Crippen LogP) is 2.14. The Balaban J connectivity index is 1.84. The van der Waals surface area contributed by atoms with Crippen LogP contribution in [0.3, 0.4) is 0 Å². The Kier molecular flexibility index (Phi) is 3.51. The Morgan fingerprint density at radius 2 is 1.80 bits per heavy atom. The minimum atomic E-state index is 0.764. The lowest BCUT2D eigenvalue weighted by Crippen LogP contribution is -2.21. The molecule has 0 saturated carbocycles. The summed E-state index contributed by atoms with van der Waals surface area (Å²) in [5.74, 6) is 0. The number of hydrogen-bond acceptors (Lipinski definition) is 2. The van der Waals surface area contributed by atoms with E-state index in [1.165, 1.54) is 31.5 Å². The Bertz CT molecular complexity index is 312. The summed E-state index contributed by atoms with van der Waals surface area (Å²) in [6.07, 6.45) is 4.69. The summed E-state index contributed by atoms with van der Waals surface area (Å²) in [4.78, 5) is 13.0. The smallest absolute Gasteiger partial charge is 0.150 e. The molecule has 1 aromatic carbocycles. The van der Waals surface area contributed by atoms with Crippen LogP contribution in [0.1, 0.15) is 28.8 Å². The van der Waals surface area contributed by atoms with Crippen LogP contribution in [0.4, 0.5) is 0 Å². The molecule has 0 aliphatic carbocycles. The minimum absolute atomic E-state index is 0.764. The van der Waals surface area contributed by atoms with Gasteiger partial charge in [-0.05, 0) is 37.9 Å². The summed E-state index contributed by atoms with van der Waals surface area (Å²) in [6, 6.07) is 7.90. The highest BCUT2D eigenvalue weighted by molar-refractivity contribution is 5.74.